The van der Waals surface area contributed by atoms with Crippen molar-refractivity contribution in [1.29, 1.82) is 0 Å². The van der Waals surface area contributed by atoms with Crippen LogP contribution in [0.1, 0.15) is 30.4 Å². The summed E-state index contributed by atoms with van der Waals surface area (Å²) in [5.74, 6) is 0.482. The molecule has 2 aliphatic heterocycles. The van der Waals surface area contributed by atoms with E-state index >= 15 is 0 Å². The maximum absolute atomic E-state index is 12.8. The zero-order chi connectivity index (χ0) is 23.2. The number of hydrogen-bond acceptors (Lipinski definition) is 6. The molecule has 0 aliphatic carbocycles. The lowest BCUT2D eigenvalue weighted by atomic mass is 10.1. The molecule has 2 heterocycles. The van der Waals surface area contributed by atoms with Gasteiger partial charge in [0.2, 0.25) is 5.91 Å². The molecule has 0 N–H and O–H groups in total. The highest BCUT2D eigenvalue weighted by Gasteiger charge is 2.37. The summed E-state index contributed by atoms with van der Waals surface area (Å²) in [6.45, 7) is 1.52. The number of imide groups is 1. The third kappa shape index (κ3) is 5.57. The molecule has 2 aliphatic rings. The summed E-state index contributed by atoms with van der Waals surface area (Å²) in [5, 5.41) is -0.425. The van der Waals surface area contributed by atoms with Gasteiger partial charge in [-0.05, 0) is 60.4 Å². The quantitative estimate of drug-likeness (QED) is 0.566. The van der Waals surface area contributed by atoms with Gasteiger partial charge in [0.1, 0.15) is 13.2 Å². The Hall–Kier alpha value is -3.26. The predicted molar refractivity (Wildman–Crippen MR) is 127 cm³/mol. The molecule has 2 fully saturated rings. The van der Waals surface area contributed by atoms with E-state index in [4.69, 9.17) is 9.47 Å². The summed E-state index contributed by atoms with van der Waals surface area (Å²) in [7, 11) is 1.56. The van der Waals surface area contributed by atoms with E-state index in [9.17, 15) is 14.4 Å². The van der Waals surface area contributed by atoms with E-state index < -0.39 is 11.1 Å². The van der Waals surface area contributed by atoms with Crippen molar-refractivity contribution in [1.82, 2.24) is 9.80 Å². The number of thioether (sulfide) groups is 1. The summed E-state index contributed by atoms with van der Waals surface area (Å²) in [4.78, 5) is 40.9. The first kappa shape index (κ1) is 22.9. The van der Waals surface area contributed by atoms with Crippen molar-refractivity contribution in [3.63, 3.8) is 0 Å². The van der Waals surface area contributed by atoms with Crippen LogP contribution in [0.2, 0.25) is 0 Å². The van der Waals surface area contributed by atoms with Crippen molar-refractivity contribution in [3.8, 4) is 11.5 Å². The summed E-state index contributed by atoms with van der Waals surface area (Å²) >= 11 is 0.847. The van der Waals surface area contributed by atoms with Gasteiger partial charge in [-0.3, -0.25) is 19.3 Å². The van der Waals surface area contributed by atoms with E-state index in [2.05, 4.69) is 0 Å². The molecule has 172 valence electrons. The van der Waals surface area contributed by atoms with Crippen molar-refractivity contribution in [3.05, 3.63) is 64.6 Å². The fraction of sp³-hybridized carbons (Fsp3) is 0.320. The molecule has 0 aromatic heterocycles. The third-order valence-electron chi connectivity index (χ3n) is 5.60. The maximum atomic E-state index is 12.8. The van der Waals surface area contributed by atoms with Gasteiger partial charge in [0, 0.05) is 13.1 Å². The van der Waals surface area contributed by atoms with Crippen LogP contribution in [0.4, 0.5) is 4.79 Å². The molecule has 0 spiro atoms. The van der Waals surface area contributed by atoms with Gasteiger partial charge in [-0.2, -0.15) is 0 Å². The number of amides is 3. The highest BCUT2D eigenvalue weighted by molar-refractivity contribution is 8.18. The average Bonchev–Trinajstić information content (AvgIpc) is 3.11. The smallest absolute Gasteiger partial charge is 0.294 e. The first-order valence-corrected chi connectivity index (χ1v) is 11.7. The molecule has 0 unspecified atom stereocenters. The number of ether oxygens (including phenoxy) is 2. The fourth-order valence-electron chi connectivity index (χ4n) is 3.80. The molecule has 2 aromatic rings. The van der Waals surface area contributed by atoms with Gasteiger partial charge in [-0.15, -0.1) is 0 Å². The van der Waals surface area contributed by atoms with Crippen molar-refractivity contribution in [2.45, 2.75) is 25.9 Å². The Bertz CT molecular complexity index is 1060. The minimum absolute atomic E-state index is 0.181. The Balaban J connectivity index is 1.47. The van der Waals surface area contributed by atoms with Gasteiger partial charge in [0.15, 0.2) is 11.5 Å². The summed E-state index contributed by atoms with van der Waals surface area (Å²) in [6.07, 6.45) is 4.66. The monoisotopic (exact) mass is 466 g/mol. The van der Waals surface area contributed by atoms with E-state index in [1.165, 1.54) is 0 Å². The number of carbonyl (C=O) groups excluding carboxylic acids is 3. The van der Waals surface area contributed by atoms with Crippen LogP contribution >= 0.6 is 11.8 Å². The number of hydrogen-bond donors (Lipinski definition) is 0. The topological polar surface area (TPSA) is 76.2 Å². The number of methoxy groups -OCH3 is 1. The molecule has 0 bridgehead atoms. The number of carbonyl (C=O) groups is 3. The molecule has 2 saturated heterocycles. The lowest BCUT2D eigenvalue weighted by Gasteiger charge is -2.27. The van der Waals surface area contributed by atoms with E-state index in [1.807, 2.05) is 30.3 Å². The van der Waals surface area contributed by atoms with Gasteiger partial charge < -0.3 is 14.4 Å². The van der Waals surface area contributed by atoms with E-state index in [0.29, 0.717) is 36.8 Å². The molecule has 0 radical (unpaired) electrons. The van der Waals surface area contributed by atoms with Crippen LogP contribution in [0.3, 0.4) is 0 Å². The first-order valence-electron chi connectivity index (χ1n) is 10.9. The molecular formula is C25H26N2O5S. The maximum Gasteiger partial charge on any atom is 0.294 e. The molecule has 33 heavy (non-hydrogen) atoms. The van der Waals surface area contributed by atoms with Crippen LogP contribution in [-0.4, -0.2) is 53.6 Å². The van der Waals surface area contributed by atoms with Crippen LogP contribution in [0.25, 0.3) is 6.08 Å². The van der Waals surface area contributed by atoms with Crippen LogP contribution in [0, 0.1) is 0 Å². The van der Waals surface area contributed by atoms with Gasteiger partial charge in [0.25, 0.3) is 11.1 Å². The SMILES string of the molecule is COc1ccc(C=C2SC(=O)N(CC(=O)N3CCCCC3)C2=O)cc1OCc1ccccc1. The highest BCUT2D eigenvalue weighted by Crippen LogP contribution is 2.35. The van der Waals surface area contributed by atoms with Crippen molar-refractivity contribution in [2.75, 3.05) is 26.7 Å². The number of piperidine rings is 1. The Labute approximate surface area is 197 Å². The van der Waals surface area contributed by atoms with Crippen LogP contribution in [-0.2, 0) is 16.2 Å². The second kappa shape index (κ2) is 10.6. The van der Waals surface area contributed by atoms with Crippen LogP contribution in [0.5, 0.6) is 11.5 Å². The minimum Gasteiger partial charge on any atom is -0.493 e. The molecule has 2 aromatic carbocycles. The number of benzene rings is 2. The standard InChI is InChI=1S/C25H26N2O5S/c1-31-20-11-10-19(14-21(20)32-17-18-8-4-2-5-9-18)15-22-24(29)27(25(30)33-22)16-23(28)26-12-6-3-7-13-26/h2,4-5,8-11,14-15H,3,6-7,12-13,16-17H2,1H3. The normalized spacial score (nSPS) is 17.5. The molecule has 8 heteroatoms. The van der Waals surface area contributed by atoms with E-state index in [1.54, 1.807) is 36.3 Å². The Kier molecular flexibility index (Phi) is 7.34. The zero-order valence-corrected chi connectivity index (χ0v) is 19.3. The Morgan fingerprint density at radius 1 is 1.03 bits per heavy atom. The predicted octanol–water partition coefficient (Wildman–Crippen LogP) is 4.32. The molecular weight excluding hydrogens is 440 g/mol. The van der Waals surface area contributed by atoms with Gasteiger partial charge in [0.05, 0.1) is 12.0 Å². The van der Waals surface area contributed by atoms with Crippen molar-refractivity contribution >= 4 is 34.9 Å². The first-order chi connectivity index (χ1) is 16.0. The summed E-state index contributed by atoms with van der Waals surface area (Å²) in [5.41, 5.74) is 1.72. The lowest BCUT2D eigenvalue weighted by Crippen LogP contribution is -2.44. The Morgan fingerprint density at radius 2 is 1.79 bits per heavy atom. The van der Waals surface area contributed by atoms with Crippen LogP contribution in [0.15, 0.2) is 53.4 Å². The van der Waals surface area contributed by atoms with Gasteiger partial charge in [-0.25, -0.2) is 0 Å². The van der Waals surface area contributed by atoms with Crippen LogP contribution < -0.4 is 9.47 Å². The molecule has 0 atom stereocenters. The lowest BCUT2D eigenvalue weighted by molar-refractivity contribution is -0.136. The largest absolute Gasteiger partial charge is 0.493 e. The molecule has 3 amide bonds. The minimum atomic E-state index is -0.446. The van der Waals surface area contributed by atoms with Gasteiger partial charge >= 0.3 is 0 Å². The second-order valence-electron chi connectivity index (χ2n) is 7.89. The number of rotatable bonds is 7. The van der Waals surface area contributed by atoms with Crippen molar-refractivity contribution < 1.29 is 23.9 Å². The number of nitrogens with zero attached hydrogens (tertiary/aromatic N) is 2. The molecule has 4 rings (SSSR count). The Morgan fingerprint density at radius 3 is 2.52 bits per heavy atom. The molecule has 0 saturated carbocycles. The van der Waals surface area contributed by atoms with E-state index in [0.717, 1.165) is 41.5 Å². The summed E-state index contributed by atoms with van der Waals surface area (Å²) in [6, 6.07) is 15.1. The third-order valence-corrected chi connectivity index (χ3v) is 6.51. The second-order valence-corrected chi connectivity index (χ2v) is 8.89. The van der Waals surface area contributed by atoms with E-state index in [-0.39, 0.29) is 17.4 Å². The highest BCUT2D eigenvalue weighted by atomic mass is 32.2. The molecule has 7 nitrogen and oxygen atoms in total. The zero-order valence-electron chi connectivity index (χ0n) is 18.5. The fourth-order valence-corrected chi connectivity index (χ4v) is 4.64. The van der Waals surface area contributed by atoms with Gasteiger partial charge in [-0.1, -0.05) is 36.4 Å². The average molecular weight is 467 g/mol. The summed E-state index contributed by atoms with van der Waals surface area (Å²) < 4.78 is 11.3. The number of likely N-dealkylation sites (tertiary alicyclic amines) is 1. The van der Waals surface area contributed by atoms with Crippen molar-refractivity contribution in [2.24, 2.45) is 0 Å².